The summed E-state index contributed by atoms with van der Waals surface area (Å²) < 4.78 is 1.16. The van der Waals surface area contributed by atoms with Crippen molar-refractivity contribution in [2.24, 2.45) is 0 Å². The van der Waals surface area contributed by atoms with Crippen LogP contribution in [-0.2, 0) is 0 Å². The Morgan fingerprint density at radius 2 is 1.74 bits per heavy atom. The molecule has 0 saturated carbocycles. The molecule has 27 heavy (non-hydrogen) atoms. The number of nitrogens with zero attached hydrogens (tertiary/aromatic N) is 1. The molecule has 1 heterocycles. The van der Waals surface area contributed by atoms with Crippen LogP contribution in [0, 0.1) is 6.92 Å². The number of benzene rings is 3. The fourth-order valence-corrected chi connectivity index (χ4v) is 3.87. The third-order valence-electron chi connectivity index (χ3n) is 4.20. The van der Waals surface area contributed by atoms with E-state index in [0.717, 1.165) is 26.4 Å². The lowest BCUT2D eigenvalue weighted by Gasteiger charge is -2.11. The molecule has 0 saturated heterocycles. The number of para-hydroxylation sites is 1. The molecule has 0 radical (unpaired) electrons. The van der Waals surface area contributed by atoms with E-state index >= 15 is 0 Å². The van der Waals surface area contributed by atoms with Crippen LogP contribution in [0.2, 0.25) is 5.02 Å². The van der Waals surface area contributed by atoms with Crippen LogP contribution in [0.1, 0.15) is 5.56 Å². The van der Waals surface area contributed by atoms with E-state index in [1.807, 2.05) is 55.5 Å². The summed E-state index contributed by atoms with van der Waals surface area (Å²) in [7, 11) is 0. The van der Waals surface area contributed by atoms with E-state index in [-0.39, 0.29) is 6.03 Å². The number of aromatic nitrogens is 1. The third kappa shape index (κ3) is 3.79. The normalized spacial score (nSPS) is 10.7. The second kappa shape index (κ2) is 7.39. The van der Waals surface area contributed by atoms with Crippen molar-refractivity contribution in [2.75, 3.05) is 10.6 Å². The minimum absolute atomic E-state index is 0.312. The van der Waals surface area contributed by atoms with Gasteiger partial charge in [-0.1, -0.05) is 29.8 Å². The molecule has 1 aromatic heterocycles. The quantitative estimate of drug-likeness (QED) is 0.413. The lowest BCUT2D eigenvalue weighted by Crippen LogP contribution is -2.19. The molecule has 0 unspecified atom stereocenters. The zero-order valence-corrected chi connectivity index (χ0v) is 16.1. The van der Waals surface area contributed by atoms with Gasteiger partial charge in [-0.25, -0.2) is 9.78 Å². The average molecular weight is 394 g/mol. The van der Waals surface area contributed by atoms with Crippen LogP contribution < -0.4 is 10.6 Å². The molecule has 4 aromatic rings. The van der Waals surface area contributed by atoms with Gasteiger partial charge in [-0.2, -0.15) is 0 Å². The average Bonchev–Trinajstić information content (AvgIpc) is 3.10. The first-order valence-corrected chi connectivity index (χ1v) is 9.59. The molecule has 2 amide bonds. The number of thiazole rings is 1. The Bertz CT molecular complexity index is 1090. The number of rotatable bonds is 3. The molecular formula is C21H16ClN3OS. The van der Waals surface area contributed by atoms with Crippen molar-refractivity contribution in [2.45, 2.75) is 6.92 Å². The summed E-state index contributed by atoms with van der Waals surface area (Å²) in [5, 5.41) is 7.23. The lowest BCUT2D eigenvalue weighted by atomic mass is 10.2. The van der Waals surface area contributed by atoms with Gasteiger partial charge in [-0.3, -0.25) is 0 Å². The molecular weight excluding hydrogens is 378 g/mol. The fourth-order valence-electron chi connectivity index (χ4n) is 2.72. The first-order valence-electron chi connectivity index (χ1n) is 8.39. The van der Waals surface area contributed by atoms with Crippen molar-refractivity contribution >= 4 is 50.6 Å². The van der Waals surface area contributed by atoms with Gasteiger partial charge in [-0.15, -0.1) is 11.3 Å². The van der Waals surface area contributed by atoms with Crippen LogP contribution in [0.5, 0.6) is 0 Å². The molecule has 0 bridgehead atoms. The monoisotopic (exact) mass is 393 g/mol. The molecule has 3 aromatic carbocycles. The predicted molar refractivity (Wildman–Crippen MR) is 114 cm³/mol. The summed E-state index contributed by atoms with van der Waals surface area (Å²) in [6, 6.07) is 20.8. The minimum atomic E-state index is -0.312. The van der Waals surface area contributed by atoms with Crippen molar-refractivity contribution < 1.29 is 4.79 Å². The third-order valence-corrected chi connectivity index (χ3v) is 5.69. The van der Waals surface area contributed by atoms with E-state index in [9.17, 15) is 4.79 Å². The number of anilines is 2. The van der Waals surface area contributed by atoms with Gasteiger partial charge in [0.1, 0.15) is 5.01 Å². The van der Waals surface area contributed by atoms with Gasteiger partial charge in [0.25, 0.3) is 0 Å². The topological polar surface area (TPSA) is 54.0 Å². The second-order valence-electron chi connectivity index (χ2n) is 6.06. The summed E-state index contributed by atoms with van der Waals surface area (Å²) in [4.78, 5) is 16.9. The molecule has 0 aliphatic rings. The summed E-state index contributed by atoms with van der Waals surface area (Å²) in [5.41, 5.74) is 4.24. The number of fused-ring (bicyclic) bond motifs is 1. The van der Waals surface area contributed by atoms with Gasteiger partial charge in [0.2, 0.25) is 0 Å². The second-order valence-corrected chi connectivity index (χ2v) is 7.49. The van der Waals surface area contributed by atoms with Crippen LogP contribution >= 0.6 is 22.9 Å². The Labute approximate surface area is 165 Å². The summed E-state index contributed by atoms with van der Waals surface area (Å²) >= 11 is 7.74. The number of carbonyl (C=O) groups is 1. The van der Waals surface area contributed by atoms with E-state index in [2.05, 4.69) is 21.7 Å². The molecule has 0 aliphatic heterocycles. The van der Waals surface area contributed by atoms with E-state index < -0.39 is 0 Å². The van der Waals surface area contributed by atoms with Crippen LogP contribution in [0.3, 0.4) is 0 Å². The number of hydrogen-bond acceptors (Lipinski definition) is 3. The van der Waals surface area contributed by atoms with Crippen molar-refractivity contribution in [3.8, 4) is 10.6 Å². The first kappa shape index (κ1) is 17.5. The highest BCUT2D eigenvalue weighted by Gasteiger charge is 2.09. The van der Waals surface area contributed by atoms with E-state index in [4.69, 9.17) is 11.6 Å². The Balaban J connectivity index is 1.47. The zero-order chi connectivity index (χ0) is 18.8. The zero-order valence-electron chi connectivity index (χ0n) is 14.5. The van der Waals surface area contributed by atoms with E-state index in [1.165, 1.54) is 0 Å². The molecule has 0 spiro atoms. The number of nitrogens with one attached hydrogen (secondary N) is 2. The van der Waals surface area contributed by atoms with Gasteiger partial charge in [0.15, 0.2) is 0 Å². The van der Waals surface area contributed by atoms with Gasteiger partial charge in [0.05, 0.1) is 10.2 Å². The Morgan fingerprint density at radius 3 is 2.52 bits per heavy atom. The molecule has 6 heteroatoms. The van der Waals surface area contributed by atoms with Crippen molar-refractivity contribution in [3.63, 3.8) is 0 Å². The first-order chi connectivity index (χ1) is 13.1. The number of halogens is 1. The molecule has 4 nitrogen and oxygen atoms in total. The van der Waals surface area contributed by atoms with Gasteiger partial charge in [-0.05, 0) is 61.0 Å². The number of carbonyl (C=O) groups excluding carboxylic acids is 1. The molecule has 134 valence electrons. The summed E-state index contributed by atoms with van der Waals surface area (Å²) in [6.45, 7) is 1.87. The summed E-state index contributed by atoms with van der Waals surface area (Å²) in [5.74, 6) is 0. The molecule has 0 atom stereocenters. The van der Waals surface area contributed by atoms with Crippen molar-refractivity contribution in [3.05, 3.63) is 77.3 Å². The Hall–Kier alpha value is -2.89. The van der Waals surface area contributed by atoms with Crippen LogP contribution in [0.15, 0.2) is 66.7 Å². The standard InChI is InChI=1S/C21H16ClN3OS/c1-13-16(22)5-4-7-17(13)25-21(26)23-15-11-9-14(10-12-15)20-24-18-6-2-3-8-19(18)27-20/h2-12H,1H3,(H2,23,25,26). The van der Waals surface area contributed by atoms with Crippen molar-refractivity contribution in [1.29, 1.82) is 0 Å². The van der Waals surface area contributed by atoms with Gasteiger partial charge < -0.3 is 10.6 Å². The highest BCUT2D eigenvalue weighted by atomic mass is 35.5. The maximum Gasteiger partial charge on any atom is 0.323 e. The minimum Gasteiger partial charge on any atom is -0.308 e. The number of urea groups is 1. The van der Waals surface area contributed by atoms with E-state index in [0.29, 0.717) is 16.4 Å². The highest BCUT2D eigenvalue weighted by Crippen LogP contribution is 2.30. The van der Waals surface area contributed by atoms with Crippen molar-refractivity contribution in [1.82, 2.24) is 4.98 Å². The SMILES string of the molecule is Cc1c(Cl)cccc1NC(=O)Nc1ccc(-c2nc3ccccc3s2)cc1. The number of amides is 2. The Kier molecular flexibility index (Phi) is 4.79. The van der Waals surface area contributed by atoms with Gasteiger partial charge >= 0.3 is 6.03 Å². The molecule has 0 aliphatic carbocycles. The largest absolute Gasteiger partial charge is 0.323 e. The van der Waals surface area contributed by atoms with Crippen LogP contribution in [0.4, 0.5) is 16.2 Å². The molecule has 4 rings (SSSR count). The van der Waals surface area contributed by atoms with Gasteiger partial charge in [0, 0.05) is 22.0 Å². The Morgan fingerprint density at radius 1 is 0.963 bits per heavy atom. The lowest BCUT2D eigenvalue weighted by molar-refractivity contribution is 0.262. The fraction of sp³-hybridized carbons (Fsp3) is 0.0476. The molecule has 2 N–H and O–H groups in total. The maximum atomic E-state index is 12.2. The molecule has 0 fully saturated rings. The van der Waals surface area contributed by atoms with Crippen LogP contribution in [0.25, 0.3) is 20.8 Å². The highest BCUT2D eigenvalue weighted by molar-refractivity contribution is 7.21. The van der Waals surface area contributed by atoms with Crippen LogP contribution in [-0.4, -0.2) is 11.0 Å². The summed E-state index contributed by atoms with van der Waals surface area (Å²) in [6.07, 6.45) is 0. The maximum absolute atomic E-state index is 12.2. The number of hydrogen-bond donors (Lipinski definition) is 2. The smallest absolute Gasteiger partial charge is 0.308 e. The predicted octanol–water partition coefficient (Wildman–Crippen LogP) is 6.57. The van der Waals surface area contributed by atoms with E-state index in [1.54, 1.807) is 23.5 Å².